The van der Waals surface area contributed by atoms with Crippen LogP contribution >= 0.6 is 11.6 Å². The molecule has 0 aromatic heterocycles. The van der Waals surface area contributed by atoms with E-state index in [0.717, 1.165) is 0 Å². The Bertz CT molecular complexity index is 1160. The van der Waals surface area contributed by atoms with Crippen LogP contribution in [-0.2, 0) is 15.6 Å². The smallest absolute Gasteiger partial charge is 0.280 e. The Labute approximate surface area is 180 Å². The van der Waals surface area contributed by atoms with Gasteiger partial charge in [-0.05, 0) is 42.7 Å². The Kier molecular flexibility index (Phi) is 5.96. The van der Waals surface area contributed by atoms with Crippen molar-refractivity contribution in [3.05, 3.63) is 46.0 Å². The van der Waals surface area contributed by atoms with Crippen LogP contribution in [0.3, 0.4) is 0 Å². The molecule has 0 saturated heterocycles. The zero-order valence-corrected chi connectivity index (χ0v) is 18.4. The van der Waals surface area contributed by atoms with E-state index in [9.17, 15) is 13.2 Å². The molecule has 3 rings (SSSR count). The molecule has 0 aliphatic carbocycles. The summed E-state index contributed by atoms with van der Waals surface area (Å²) in [5, 5.41) is 3.53. The van der Waals surface area contributed by atoms with Gasteiger partial charge in [-0.15, -0.1) is 0 Å². The minimum absolute atomic E-state index is 0.0446. The molecule has 30 heavy (non-hydrogen) atoms. The number of nitrogens with two attached hydrogens (primary N) is 2. The molecule has 160 valence electrons. The summed E-state index contributed by atoms with van der Waals surface area (Å²) in [5.41, 5.74) is 12.1. The first-order valence-corrected chi connectivity index (χ1v) is 11.3. The number of ether oxygens (including phenoxy) is 1. The third kappa shape index (κ3) is 4.52. The largest absolute Gasteiger partial charge is 0.454 e. The van der Waals surface area contributed by atoms with Crippen molar-refractivity contribution in [3.8, 4) is 11.5 Å². The van der Waals surface area contributed by atoms with E-state index in [1.807, 2.05) is 0 Å². The summed E-state index contributed by atoms with van der Waals surface area (Å²) in [5.74, 6) is -0.676. The van der Waals surface area contributed by atoms with Crippen molar-refractivity contribution in [1.29, 1.82) is 0 Å². The van der Waals surface area contributed by atoms with Crippen LogP contribution in [0.5, 0.6) is 11.5 Å². The maximum Gasteiger partial charge on any atom is 0.280 e. The average Bonchev–Trinajstić information content (AvgIpc) is 2.73. The second kappa shape index (κ2) is 8.16. The number of benzene rings is 2. The molecule has 5 N–H and O–H groups in total. The van der Waals surface area contributed by atoms with Gasteiger partial charge in [0.2, 0.25) is 0 Å². The number of carbonyl (C=O) groups is 1. The van der Waals surface area contributed by atoms with E-state index < -0.39 is 21.7 Å². The van der Waals surface area contributed by atoms with Crippen LogP contribution in [0.15, 0.2) is 34.2 Å². The molecule has 1 aliphatic heterocycles. The van der Waals surface area contributed by atoms with Crippen molar-refractivity contribution < 1.29 is 17.9 Å². The Morgan fingerprint density at radius 1 is 1.23 bits per heavy atom. The number of sulfone groups is 1. The van der Waals surface area contributed by atoms with E-state index in [1.54, 1.807) is 19.1 Å². The number of rotatable bonds is 4. The summed E-state index contributed by atoms with van der Waals surface area (Å²) in [6.45, 7) is 6.47. The van der Waals surface area contributed by atoms with Gasteiger partial charge in [0.25, 0.3) is 5.91 Å². The highest BCUT2D eigenvalue weighted by molar-refractivity contribution is 7.90. The fourth-order valence-corrected chi connectivity index (χ4v) is 4.94. The van der Waals surface area contributed by atoms with Gasteiger partial charge in [0.05, 0.1) is 10.8 Å². The zero-order valence-electron chi connectivity index (χ0n) is 16.8. The normalized spacial score (nSPS) is 14.2. The second-order valence-electron chi connectivity index (χ2n) is 7.54. The molecular formula is C20H23ClN4O4S. The molecule has 0 atom stereocenters. The first kappa shape index (κ1) is 21.9. The lowest BCUT2D eigenvalue weighted by atomic mass is 10.1. The van der Waals surface area contributed by atoms with Gasteiger partial charge in [0.1, 0.15) is 16.4 Å². The molecule has 2 aromatic rings. The molecule has 10 heteroatoms. The lowest BCUT2D eigenvalue weighted by Crippen LogP contribution is -2.24. The van der Waals surface area contributed by atoms with Crippen molar-refractivity contribution >= 4 is 39.0 Å². The van der Waals surface area contributed by atoms with Gasteiger partial charge in [0.15, 0.2) is 15.8 Å². The number of fused-ring (bicyclic) bond motifs is 2. The van der Waals surface area contributed by atoms with Crippen molar-refractivity contribution in [1.82, 2.24) is 0 Å². The number of guanidine groups is 1. The maximum absolute atomic E-state index is 13.2. The van der Waals surface area contributed by atoms with Crippen LogP contribution in [0, 0.1) is 12.8 Å². The fourth-order valence-electron chi connectivity index (χ4n) is 3.09. The van der Waals surface area contributed by atoms with Gasteiger partial charge in [-0.3, -0.25) is 4.79 Å². The number of halogens is 1. The van der Waals surface area contributed by atoms with E-state index in [0.29, 0.717) is 34.3 Å². The highest BCUT2D eigenvalue weighted by Crippen LogP contribution is 2.44. The van der Waals surface area contributed by atoms with Gasteiger partial charge in [0, 0.05) is 23.4 Å². The lowest BCUT2D eigenvalue weighted by molar-refractivity contribution is 0.100. The lowest BCUT2D eigenvalue weighted by Gasteiger charge is -2.15. The van der Waals surface area contributed by atoms with Gasteiger partial charge < -0.3 is 21.5 Å². The topological polar surface area (TPSA) is 137 Å². The van der Waals surface area contributed by atoms with Crippen molar-refractivity contribution in [2.45, 2.75) is 31.4 Å². The molecule has 1 heterocycles. The van der Waals surface area contributed by atoms with Crippen LogP contribution in [0.1, 0.15) is 35.3 Å². The predicted octanol–water partition coefficient (Wildman–Crippen LogP) is 3.21. The summed E-state index contributed by atoms with van der Waals surface area (Å²) < 4.78 is 32.3. The number of hydrogen-bond acceptors (Lipinski definition) is 5. The second-order valence-corrected chi connectivity index (χ2v) is 9.91. The number of amides is 1. The molecule has 0 unspecified atom stereocenters. The van der Waals surface area contributed by atoms with Gasteiger partial charge in [-0.25, -0.2) is 8.42 Å². The van der Waals surface area contributed by atoms with Crippen molar-refractivity contribution in [2.75, 3.05) is 11.9 Å². The number of nitrogens with one attached hydrogen (secondary N) is 1. The molecule has 0 bridgehead atoms. The van der Waals surface area contributed by atoms with E-state index in [2.05, 4.69) is 24.2 Å². The van der Waals surface area contributed by atoms with E-state index in [1.165, 1.54) is 12.1 Å². The van der Waals surface area contributed by atoms with Crippen LogP contribution in [0.2, 0.25) is 5.02 Å². The van der Waals surface area contributed by atoms with Crippen LogP contribution in [0.4, 0.5) is 5.69 Å². The molecule has 1 amide bonds. The maximum atomic E-state index is 13.2. The van der Waals surface area contributed by atoms with Gasteiger partial charge in [-0.2, -0.15) is 4.99 Å². The van der Waals surface area contributed by atoms with Crippen molar-refractivity contribution in [3.63, 3.8) is 0 Å². The Morgan fingerprint density at radius 3 is 2.57 bits per heavy atom. The van der Waals surface area contributed by atoms with Crippen LogP contribution in [-0.4, -0.2) is 26.8 Å². The molecule has 1 aliphatic rings. The molecule has 2 aromatic carbocycles. The summed E-state index contributed by atoms with van der Waals surface area (Å²) in [6, 6.07) is 6.12. The number of aryl methyl sites for hydroxylation is 1. The molecule has 8 nitrogen and oxygen atoms in total. The van der Waals surface area contributed by atoms with E-state index >= 15 is 0 Å². The van der Waals surface area contributed by atoms with Crippen LogP contribution < -0.4 is 21.5 Å². The SMILES string of the molecule is Cc1cc(C(=O)N=C(N)N)cc2c1Oc1c(Cl)cc(NCC(C)C)cc1CS2(=O)=O. The minimum atomic E-state index is -3.84. The summed E-state index contributed by atoms with van der Waals surface area (Å²) >= 11 is 6.43. The third-order valence-corrected chi connectivity index (χ3v) is 6.38. The highest BCUT2D eigenvalue weighted by Gasteiger charge is 2.31. The Hall–Kier alpha value is -2.78. The molecule has 0 fully saturated rings. The number of carbonyl (C=O) groups excluding carboxylic acids is 1. The standard InChI is InChI=1S/C20H23ClN4O4S/c1-10(2)8-24-14-5-13-9-30(27,28)16-6-12(19(26)25-20(22)23)4-11(3)17(16)29-18(13)15(21)7-14/h4-7,10,24H,8-9H2,1-3H3,(H4,22,23,25,26). The van der Waals surface area contributed by atoms with Gasteiger partial charge in [-0.1, -0.05) is 25.4 Å². The Balaban J connectivity index is 2.11. The summed E-state index contributed by atoms with van der Waals surface area (Å²) in [7, 11) is -3.84. The van der Waals surface area contributed by atoms with Crippen molar-refractivity contribution in [2.24, 2.45) is 22.4 Å². The molecule has 0 radical (unpaired) electrons. The summed E-state index contributed by atoms with van der Waals surface area (Å²) in [6.07, 6.45) is 0. The monoisotopic (exact) mass is 450 g/mol. The fraction of sp³-hybridized carbons (Fsp3) is 0.300. The predicted molar refractivity (Wildman–Crippen MR) is 117 cm³/mol. The average molecular weight is 451 g/mol. The number of nitrogens with zero attached hydrogens (tertiary/aromatic N) is 1. The number of hydrogen-bond donors (Lipinski definition) is 3. The van der Waals surface area contributed by atoms with E-state index in [4.69, 9.17) is 27.8 Å². The number of anilines is 1. The zero-order chi connectivity index (χ0) is 22.2. The van der Waals surface area contributed by atoms with E-state index in [-0.39, 0.29) is 27.7 Å². The highest BCUT2D eigenvalue weighted by atomic mass is 35.5. The first-order valence-electron chi connectivity index (χ1n) is 9.23. The molecule has 0 spiro atoms. The summed E-state index contributed by atoms with van der Waals surface area (Å²) in [4.78, 5) is 15.6. The quantitative estimate of drug-likeness (QED) is 0.480. The Morgan fingerprint density at radius 2 is 1.93 bits per heavy atom. The molecular weight excluding hydrogens is 428 g/mol. The third-order valence-electron chi connectivity index (χ3n) is 4.44. The number of aliphatic imine (C=N–C) groups is 1. The van der Waals surface area contributed by atoms with Gasteiger partial charge >= 0.3 is 0 Å². The minimum Gasteiger partial charge on any atom is -0.454 e. The first-order chi connectivity index (χ1) is 14.0. The van der Waals surface area contributed by atoms with Crippen LogP contribution in [0.25, 0.3) is 0 Å². The molecule has 0 saturated carbocycles.